The summed E-state index contributed by atoms with van der Waals surface area (Å²) in [4.78, 5) is 0.995. The third kappa shape index (κ3) is 3.28. The minimum Gasteiger partial charge on any atom is -0.454 e. The van der Waals surface area contributed by atoms with Gasteiger partial charge < -0.3 is 4.42 Å². The van der Waals surface area contributed by atoms with Gasteiger partial charge in [0.15, 0.2) is 5.76 Å². The van der Waals surface area contributed by atoms with Crippen LogP contribution < -0.4 is 0 Å². The van der Waals surface area contributed by atoms with E-state index in [-0.39, 0.29) is 20.1 Å². The van der Waals surface area contributed by atoms with Crippen molar-refractivity contribution >= 4 is 53.9 Å². The summed E-state index contributed by atoms with van der Waals surface area (Å²) in [5.41, 5.74) is 2.46. The second-order valence-corrected chi connectivity index (χ2v) is 8.90. The third-order valence-electron chi connectivity index (χ3n) is 5.87. The third-order valence-corrected chi connectivity index (χ3v) is 6.94. The average molecular weight is 620 g/mol. The molecule has 3 heterocycles. The Morgan fingerprint density at radius 2 is 1.30 bits per heavy atom. The first-order valence-corrected chi connectivity index (χ1v) is 11.2. The van der Waals surface area contributed by atoms with E-state index in [4.69, 9.17) is 9.52 Å². The standard InChI is InChI=1S/C28H15N2OS.Ir/c1-2-8-18-14-22-21(13-17(18)7-1)27(24-15-19-9-3-5-11-23(19)31-24)29-30-28(22)26-16-20-10-4-6-12-25(20)32-26;/h1-15H;/q-1;. The van der Waals surface area contributed by atoms with Crippen LogP contribution >= 0.6 is 11.3 Å². The molecular weight excluding hydrogens is 605 g/mol. The predicted molar refractivity (Wildman–Crippen MR) is 132 cm³/mol. The summed E-state index contributed by atoms with van der Waals surface area (Å²) in [6.07, 6.45) is 0. The Labute approximate surface area is 207 Å². The minimum atomic E-state index is 0. The van der Waals surface area contributed by atoms with Crippen LogP contribution in [0.2, 0.25) is 0 Å². The molecule has 0 fully saturated rings. The topological polar surface area (TPSA) is 38.9 Å². The molecule has 0 spiro atoms. The van der Waals surface area contributed by atoms with Crippen LogP contribution in [-0.2, 0) is 20.1 Å². The van der Waals surface area contributed by atoms with E-state index in [2.05, 4.69) is 65.8 Å². The first-order valence-electron chi connectivity index (χ1n) is 10.4. The van der Waals surface area contributed by atoms with Gasteiger partial charge in [-0.05, 0) is 43.9 Å². The fraction of sp³-hybridized carbons (Fsp3) is 0. The molecule has 7 rings (SSSR count). The maximum Gasteiger partial charge on any atom is 0.156 e. The van der Waals surface area contributed by atoms with E-state index in [0.29, 0.717) is 0 Å². The van der Waals surface area contributed by atoms with Crippen LogP contribution in [0.4, 0.5) is 0 Å². The van der Waals surface area contributed by atoms with Crippen molar-refractivity contribution in [3.8, 4) is 22.0 Å². The second kappa shape index (κ2) is 7.89. The Morgan fingerprint density at radius 1 is 0.667 bits per heavy atom. The van der Waals surface area contributed by atoms with Gasteiger partial charge >= 0.3 is 0 Å². The summed E-state index contributed by atoms with van der Waals surface area (Å²) < 4.78 is 7.35. The van der Waals surface area contributed by atoms with Gasteiger partial charge in [-0.15, -0.1) is 23.6 Å². The Hall–Kier alpha value is -3.37. The van der Waals surface area contributed by atoms with Crippen molar-refractivity contribution in [3.05, 3.63) is 97.1 Å². The Morgan fingerprint density at radius 3 is 2.06 bits per heavy atom. The summed E-state index contributed by atoms with van der Waals surface area (Å²) in [7, 11) is 0. The van der Waals surface area contributed by atoms with Crippen LogP contribution in [0, 0.1) is 6.07 Å². The van der Waals surface area contributed by atoms with Crippen LogP contribution in [0.3, 0.4) is 0 Å². The zero-order valence-corrected chi connectivity index (χ0v) is 20.4. The van der Waals surface area contributed by atoms with Crippen LogP contribution in [0.5, 0.6) is 0 Å². The molecule has 0 saturated heterocycles. The summed E-state index contributed by atoms with van der Waals surface area (Å²) >= 11 is 1.69. The van der Waals surface area contributed by atoms with Crippen LogP contribution in [0.25, 0.3) is 64.6 Å². The van der Waals surface area contributed by atoms with E-state index in [9.17, 15) is 0 Å². The summed E-state index contributed by atoms with van der Waals surface area (Å²) in [6, 6.07) is 34.7. The Balaban J connectivity index is 0.00000206. The fourth-order valence-corrected chi connectivity index (χ4v) is 5.32. The minimum absolute atomic E-state index is 0. The molecule has 4 aromatic carbocycles. The van der Waals surface area contributed by atoms with Gasteiger partial charge in [-0.1, -0.05) is 60.7 Å². The number of furan rings is 1. The zero-order chi connectivity index (χ0) is 21.1. The summed E-state index contributed by atoms with van der Waals surface area (Å²) in [5, 5.41) is 15.9. The Bertz CT molecular complexity index is 1600. The number of hydrogen-bond donors (Lipinski definition) is 0. The molecule has 5 heteroatoms. The molecule has 0 aliphatic rings. The molecule has 0 amide bonds. The number of hydrogen-bond acceptors (Lipinski definition) is 4. The van der Waals surface area contributed by atoms with E-state index in [1.807, 2.05) is 36.4 Å². The van der Waals surface area contributed by atoms with E-state index < -0.39 is 0 Å². The molecule has 0 bridgehead atoms. The van der Waals surface area contributed by atoms with E-state index in [1.165, 1.54) is 10.1 Å². The summed E-state index contributed by atoms with van der Waals surface area (Å²) in [6.45, 7) is 0. The van der Waals surface area contributed by atoms with Gasteiger partial charge in [-0.25, -0.2) is 11.3 Å². The molecule has 33 heavy (non-hydrogen) atoms. The molecule has 159 valence electrons. The van der Waals surface area contributed by atoms with Crippen molar-refractivity contribution in [2.45, 2.75) is 0 Å². The molecule has 3 nitrogen and oxygen atoms in total. The first kappa shape index (κ1) is 20.3. The molecule has 1 radical (unpaired) electrons. The van der Waals surface area contributed by atoms with Crippen molar-refractivity contribution < 1.29 is 24.5 Å². The van der Waals surface area contributed by atoms with Crippen LogP contribution in [-0.4, -0.2) is 10.2 Å². The predicted octanol–water partition coefficient (Wildman–Crippen LogP) is 7.88. The smallest absolute Gasteiger partial charge is 0.156 e. The van der Waals surface area contributed by atoms with Crippen molar-refractivity contribution in [2.24, 2.45) is 0 Å². The number of rotatable bonds is 2. The molecule has 0 unspecified atom stereocenters. The Kier molecular flexibility index (Phi) is 4.84. The van der Waals surface area contributed by atoms with Gasteiger partial charge in [0.1, 0.15) is 11.3 Å². The van der Waals surface area contributed by atoms with E-state index in [1.54, 1.807) is 11.3 Å². The largest absolute Gasteiger partial charge is 0.454 e. The molecule has 0 aliphatic carbocycles. The molecular formula is C28H15IrN2OS-. The van der Waals surface area contributed by atoms with Gasteiger partial charge in [-0.3, -0.25) is 0 Å². The van der Waals surface area contributed by atoms with Crippen molar-refractivity contribution in [1.29, 1.82) is 0 Å². The summed E-state index contributed by atoms with van der Waals surface area (Å²) in [5.74, 6) is 0.728. The maximum absolute atomic E-state index is 6.16. The molecule has 0 saturated carbocycles. The fourth-order valence-electron chi connectivity index (χ4n) is 4.31. The normalized spacial score (nSPS) is 11.4. The van der Waals surface area contributed by atoms with Crippen LogP contribution in [0.15, 0.2) is 95.4 Å². The van der Waals surface area contributed by atoms with E-state index >= 15 is 0 Å². The quantitative estimate of drug-likeness (QED) is 0.146. The number of aromatic nitrogens is 2. The van der Waals surface area contributed by atoms with Gasteiger partial charge in [0.2, 0.25) is 0 Å². The van der Waals surface area contributed by atoms with Gasteiger partial charge in [0.25, 0.3) is 0 Å². The number of thiophene rings is 1. The average Bonchev–Trinajstić information content (AvgIpc) is 3.46. The van der Waals surface area contributed by atoms with Crippen molar-refractivity contribution in [2.75, 3.05) is 0 Å². The molecule has 0 aliphatic heterocycles. The van der Waals surface area contributed by atoms with Gasteiger partial charge in [0, 0.05) is 36.6 Å². The number of benzene rings is 4. The monoisotopic (exact) mass is 620 g/mol. The maximum atomic E-state index is 6.16. The van der Waals surface area contributed by atoms with Crippen LogP contribution in [0.1, 0.15) is 0 Å². The van der Waals surface area contributed by atoms with E-state index in [0.717, 1.165) is 54.5 Å². The zero-order valence-electron chi connectivity index (χ0n) is 17.2. The van der Waals surface area contributed by atoms with Crippen molar-refractivity contribution in [1.82, 2.24) is 10.2 Å². The van der Waals surface area contributed by atoms with Gasteiger partial charge in [-0.2, -0.15) is 10.2 Å². The number of fused-ring (bicyclic) bond motifs is 4. The number of para-hydroxylation sites is 1. The van der Waals surface area contributed by atoms with Gasteiger partial charge in [0.05, 0.1) is 0 Å². The number of nitrogens with zero attached hydrogens (tertiary/aromatic N) is 2. The molecule has 3 aromatic heterocycles. The molecule has 0 N–H and O–H groups in total. The molecule has 7 aromatic rings. The first-order chi connectivity index (χ1) is 15.8. The second-order valence-electron chi connectivity index (χ2n) is 7.84. The van der Waals surface area contributed by atoms with Crippen molar-refractivity contribution in [3.63, 3.8) is 0 Å². The SMILES string of the molecule is [Ir].[c-]1c(-c2nnc(-c3cc4ccccc4o3)c3cc4ccccc4cc23)sc2ccccc12. The molecule has 0 atom stereocenters.